The molecular formula is C22H24ClN3. The van der Waals surface area contributed by atoms with Crippen LogP contribution in [0.25, 0.3) is 10.9 Å². The van der Waals surface area contributed by atoms with Crippen LogP contribution in [0.1, 0.15) is 16.7 Å². The van der Waals surface area contributed by atoms with Crippen LogP contribution in [0, 0.1) is 20.8 Å². The molecule has 1 aliphatic heterocycles. The van der Waals surface area contributed by atoms with E-state index < -0.39 is 0 Å². The van der Waals surface area contributed by atoms with Crippen LogP contribution < -0.4 is 9.80 Å². The van der Waals surface area contributed by atoms with Gasteiger partial charge in [-0.3, -0.25) is 0 Å². The molecule has 0 atom stereocenters. The highest BCUT2D eigenvalue weighted by Crippen LogP contribution is 2.27. The van der Waals surface area contributed by atoms with Gasteiger partial charge < -0.3 is 9.80 Å². The second-order valence-corrected chi connectivity index (χ2v) is 7.66. The number of hydrogen-bond acceptors (Lipinski definition) is 3. The third-order valence-electron chi connectivity index (χ3n) is 5.27. The lowest BCUT2D eigenvalue weighted by molar-refractivity contribution is 0.647. The Morgan fingerprint density at radius 2 is 1.54 bits per heavy atom. The number of rotatable bonds is 2. The zero-order valence-electron chi connectivity index (χ0n) is 15.6. The predicted molar refractivity (Wildman–Crippen MR) is 112 cm³/mol. The number of pyridine rings is 1. The first kappa shape index (κ1) is 17.2. The minimum Gasteiger partial charge on any atom is -0.368 e. The Bertz CT molecular complexity index is 959. The van der Waals surface area contributed by atoms with Crippen molar-refractivity contribution < 1.29 is 0 Å². The lowest BCUT2D eigenvalue weighted by atomic mass is 10.1. The molecule has 1 aromatic heterocycles. The quantitative estimate of drug-likeness (QED) is 0.626. The number of piperazine rings is 1. The molecule has 2 aromatic carbocycles. The van der Waals surface area contributed by atoms with Gasteiger partial charge in [-0.15, -0.1) is 0 Å². The Hall–Kier alpha value is -2.26. The zero-order valence-corrected chi connectivity index (χ0v) is 16.3. The van der Waals surface area contributed by atoms with Gasteiger partial charge in [0.15, 0.2) is 0 Å². The van der Waals surface area contributed by atoms with Crippen molar-refractivity contribution in [2.45, 2.75) is 20.8 Å². The lowest BCUT2D eigenvalue weighted by Crippen LogP contribution is -2.47. The summed E-state index contributed by atoms with van der Waals surface area (Å²) < 4.78 is 0. The van der Waals surface area contributed by atoms with Gasteiger partial charge >= 0.3 is 0 Å². The summed E-state index contributed by atoms with van der Waals surface area (Å²) in [4.78, 5) is 9.75. The fourth-order valence-electron chi connectivity index (χ4n) is 3.76. The first-order valence-corrected chi connectivity index (χ1v) is 9.53. The predicted octanol–water partition coefficient (Wildman–Crippen LogP) is 5.14. The summed E-state index contributed by atoms with van der Waals surface area (Å²) in [5.74, 6) is 1.05. The second kappa shape index (κ2) is 6.81. The van der Waals surface area contributed by atoms with E-state index in [1.807, 2.05) is 12.1 Å². The Morgan fingerprint density at radius 1 is 0.808 bits per heavy atom. The topological polar surface area (TPSA) is 19.4 Å². The van der Waals surface area contributed by atoms with Crippen LogP contribution >= 0.6 is 11.6 Å². The largest absolute Gasteiger partial charge is 0.368 e. The molecule has 1 aliphatic rings. The van der Waals surface area contributed by atoms with E-state index >= 15 is 0 Å². The highest BCUT2D eigenvalue weighted by Gasteiger charge is 2.20. The molecule has 0 amide bonds. The van der Waals surface area contributed by atoms with E-state index in [9.17, 15) is 0 Å². The second-order valence-electron chi connectivity index (χ2n) is 7.22. The standard InChI is InChI=1S/C22H24ClN3/c1-15-4-5-16(2)21(12-15)25-8-10-26(11-9-25)22-13-17(3)19-7-6-18(23)14-20(19)24-22/h4-7,12-14H,8-11H2,1-3H3. The Morgan fingerprint density at radius 3 is 2.31 bits per heavy atom. The highest BCUT2D eigenvalue weighted by molar-refractivity contribution is 6.31. The summed E-state index contributed by atoms with van der Waals surface area (Å²) in [7, 11) is 0. The number of fused-ring (bicyclic) bond motifs is 1. The van der Waals surface area contributed by atoms with Crippen LogP contribution in [0.5, 0.6) is 0 Å². The van der Waals surface area contributed by atoms with Gasteiger partial charge in [0.2, 0.25) is 0 Å². The minimum atomic E-state index is 0.737. The number of anilines is 2. The molecule has 0 spiro atoms. The highest BCUT2D eigenvalue weighted by atomic mass is 35.5. The monoisotopic (exact) mass is 365 g/mol. The van der Waals surface area contributed by atoms with Gasteiger partial charge in [-0.2, -0.15) is 0 Å². The maximum Gasteiger partial charge on any atom is 0.129 e. The molecule has 26 heavy (non-hydrogen) atoms. The van der Waals surface area contributed by atoms with Crippen LogP contribution in [0.2, 0.25) is 5.02 Å². The van der Waals surface area contributed by atoms with Crippen molar-refractivity contribution in [2.75, 3.05) is 36.0 Å². The number of aromatic nitrogens is 1. The van der Waals surface area contributed by atoms with Crippen molar-refractivity contribution in [3.8, 4) is 0 Å². The van der Waals surface area contributed by atoms with E-state index in [4.69, 9.17) is 16.6 Å². The first-order chi connectivity index (χ1) is 12.5. The molecule has 0 aliphatic carbocycles. The number of aryl methyl sites for hydroxylation is 3. The van der Waals surface area contributed by atoms with Gasteiger partial charge in [-0.1, -0.05) is 29.8 Å². The molecule has 3 nitrogen and oxygen atoms in total. The maximum atomic E-state index is 6.16. The normalized spacial score (nSPS) is 14.9. The first-order valence-electron chi connectivity index (χ1n) is 9.15. The SMILES string of the molecule is Cc1ccc(C)c(N2CCN(c3cc(C)c4ccc(Cl)cc4n3)CC2)c1. The average molecular weight is 366 g/mol. The number of benzene rings is 2. The summed E-state index contributed by atoms with van der Waals surface area (Å²) >= 11 is 6.16. The van der Waals surface area contributed by atoms with Gasteiger partial charge in [0.1, 0.15) is 5.82 Å². The summed E-state index contributed by atoms with van der Waals surface area (Å²) in [6, 6.07) is 14.8. The van der Waals surface area contributed by atoms with E-state index in [2.05, 4.69) is 60.9 Å². The van der Waals surface area contributed by atoms with Crippen LogP contribution in [-0.2, 0) is 0 Å². The van der Waals surface area contributed by atoms with Crippen LogP contribution in [0.15, 0.2) is 42.5 Å². The van der Waals surface area contributed by atoms with Crippen molar-refractivity contribution in [3.05, 3.63) is 64.2 Å². The van der Waals surface area contributed by atoms with Crippen molar-refractivity contribution in [2.24, 2.45) is 0 Å². The molecule has 2 heterocycles. The third kappa shape index (κ3) is 3.24. The van der Waals surface area contributed by atoms with Crippen molar-refractivity contribution in [1.29, 1.82) is 0 Å². The van der Waals surface area contributed by atoms with Crippen LogP contribution in [0.3, 0.4) is 0 Å². The van der Waals surface area contributed by atoms with Gasteiger partial charge in [0.25, 0.3) is 0 Å². The summed E-state index contributed by atoms with van der Waals surface area (Å²) in [6.07, 6.45) is 0. The van der Waals surface area contributed by atoms with Crippen molar-refractivity contribution >= 4 is 34.0 Å². The summed E-state index contributed by atoms with van der Waals surface area (Å²) in [5, 5.41) is 1.91. The lowest BCUT2D eigenvalue weighted by Gasteiger charge is -2.37. The van der Waals surface area contributed by atoms with Gasteiger partial charge in [0, 0.05) is 42.3 Å². The molecule has 4 rings (SSSR count). The Labute approximate surface area is 160 Å². The Balaban J connectivity index is 1.56. The minimum absolute atomic E-state index is 0.737. The molecule has 0 bridgehead atoms. The molecular weight excluding hydrogens is 342 g/mol. The Kier molecular flexibility index (Phi) is 4.49. The summed E-state index contributed by atoms with van der Waals surface area (Å²) in [6.45, 7) is 10.5. The molecule has 1 saturated heterocycles. The van der Waals surface area contributed by atoms with E-state index in [0.717, 1.165) is 42.5 Å². The van der Waals surface area contributed by atoms with Gasteiger partial charge in [-0.25, -0.2) is 4.98 Å². The average Bonchev–Trinajstić information content (AvgIpc) is 2.63. The fraction of sp³-hybridized carbons (Fsp3) is 0.318. The molecule has 1 fully saturated rings. The zero-order chi connectivity index (χ0) is 18.3. The van der Waals surface area contributed by atoms with E-state index in [-0.39, 0.29) is 0 Å². The molecule has 0 N–H and O–H groups in total. The molecule has 4 heteroatoms. The third-order valence-corrected chi connectivity index (χ3v) is 5.51. The van der Waals surface area contributed by atoms with E-state index in [1.54, 1.807) is 0 Å². The number of halogens is 1. The fourth-order valence-corrected chi connectivity index (χ4v) is 3.92. The van der Waals surface area contributed by atoms with E-state index in [1.165, 1.54) is 27.8 Å². The van der Waals surface area contributed by atoms with Crippen molar-refractivity contribution in [3.63, 3.8) is 0 Å². The molecule has 134 valence electrons. The van der Waals surface area contributed by atoms with E-state index in [0.29, 0.717) is 0 Å². The molecule has 0 unspecified atom stereocenters. The number of nitrogens with zero attached hydrogens (tertiary/aromatic N) is 3. The van der Waals surface area contributed by atoms with Gasteiger partial charge in [0.05, 0.1) is 5.52 Å². The maximum absolute atomic E-state index is 6.16. The molecule has 3 aromatic rings. The van der Waals surface area contributed by atoms with Crippen LogP contribution in [-0.4, -0.2) is 31.2 Å². The number of hydrogen-bond donors (Lipinski definition) is 0. The molecule has 0 radical (unpaired) electrons. The smallest absolute Gasteiger partial charge is 0.129 e. The van der Waals surface area contributed by atoms with Gasteiger partial charge in [-0.05, 0) is 61.7 Å². The van der Waals surface area contributed by atoms with Crippen molar-refractivity contribution in [1.82, 2.24) is 4.98 Å². The molecule has 0 saturated carbocycles. The summed E-state index contributed by atoms with van der Waals surface area (Å²) in [5.41, 5.74) is 6.25. The van der Waals surface area contributed by atoms with Crippen LogP contribution in [0.4, 0.5) is 11.5 Å².